The van der Waals surface area contributed by atoms with Crippen LogP contribution in [0.15, 0.2) is 29.2 Å². The van der Waals surface area contributed by atoms with E-state index in [0.717, 1.165) is 24.3 Å². The van der Waals surface area contributed by atoms with Gasteiger partial charge in [0.2, 0.25) is 5.25 Å². The molecule has 0 heterocycles. The van der Waals surface area contributed by atoms with E-state index in [4.69, 9.17) is 5.11 Å². The highest BCUT2D eigenvalue weighted by molar-refractivity contribution is 8.00. The first-order chi connectivity index (χ1) is 7.30. The first kappa shape index (κ1) is 12.8. The summed E-state index contributed by atoms with van der Waals surface area (Å²) in [7, 11) is 0. The van der Waals surface area contributed by atoms with Crippen molar-refractivity contribution in [2.75, 3.05) is 0 Å². The van der Waals surface area contributed by atoms with Crippen LogP contribution in [0.1, 0.15) is 0 Å². The molecule has 88 valence electrons. The van der Waals surface area contributed by atoms with Gasteiger partial charge in [0.25, 0.3) is 0 Å². The third-order valence-corrected chi connectivity index (χ3v) is 2.84. The molecule has 7 heteroatoms. The van der Waals surface area contributed by atoms with Gasteiger partial charge in [0.05, 0.1) is 0 Å². The first-order valence-electron chi connectivity index (χ1n) is 4.02. The number of carbonyl (C=O) groups is 1. The largest absolute Gasteiger partial charge is 0.480 e. The van der Waals surface area contributed by atoms with Crippen LogP contribution in [0.5, 0.6) is 0 Å². The minimum Gasteiger partial charge on any atom is -0.480 e. The fourth-order valence-corrected chi connectivity index (χ4v) is 1.71. The number of rotatable bonds is 3. The molecule has 0 bridgehead atoms. The molecule has 1 atom stereocenters. The molecule has 0 saturated carbocycles. The number of thioether (sulfide) groups is 1. The lowest BCUT2D eigenvalue weighted by Crippen LogP contribution is -2.33. The van der Waals surface area contributed by atoms with Crippen molar-refractivity contribution in [1.82, 2.24) is 0 Å². The van der Waals surface area contributed by atoms with Crippen LogP contribution in [0.4, 0.5) is 17.6 Å². The molecule has 0 spiro atoms. The lowest BCUT2D eigenvalue weighted by Gasteiger charge is -2.15. The minimum atomic E-state index is -4.84. The van der Waals surface area contributed by atoms with Gasteiger partial charge in [-0.1, -0.05) is 0 Å². The summed E-state index contributed by atoms with van der Waals surface area (Å²) in [6, 6.07) is 4.14. The number of hydrogen-bond donors (Lipinski definition) is 1. The number of aliphatic carboxylic acids is 1. The standard InChI is InChI=1S/C9H6F4O2S/c10-5-1-3-6(4-2-5)16-7(8(14)15)9(11,12)13/h1-4,7H,(H,14,15). The molecule has 2 nitrogen and oxygen atoms in total. The van der Waals surface area contributed by atoms with E-state index in [1.54, 1.807) is 0 Å². The van der Waals surface area contributed by atoms with Crippen molar-refractivity contribution in [3.8, 4) is 0 Å². The fraction of sp³-hybridized carbons (Fsp3) is 0.222. The molecule has 0 radical (unpaired) electrons. The van der Waals surface area contributed by atoms with E-state index in [-0.39, 0.29) is 16.7 Å². The second-order valence-electron chi connectivity index (χ2n) is 2.83. The van der Waals surface area contributed by atoms with E-state index in [1.807, 2.05) is 0 Å². The normalized spacial score (nSPS) is 13.5. The average Bonchev–Trinajstić information content (AvgIpc) is 2.14. The summed E-state index contributed by atoms with van der Waals surface area (Å²) in [5, 5.41) is 5.87. The third kappa shape index (κ3) is 3.41. The Bertz CT molecular complexity index is 374. The van der Waals surface area contributed by atoms with Gasteiger partial charge < -0.3 is 5.11 Å². The van der Waals surface area contributed by atoms with Gasteiger partial charge in [-0.05, 0) is 24.3 Å². The molecule has 0 amide bonds. The Hall–Kier alpha value is -1.24. The summed E-state index contributed by atoms with van der Waals surface area (Å²) in [5.74, 6) is -2.56. The van der Waals surface area contributed by atoms with Gasteiger partial charge in [-0.2, -0.15) is 13.2 Å². The quantitative estimate of drug-likeness (QED) is 0.665. The Balaban J connectivity index is 2.84. The van der Waals surface area contributed by atoms with Crippen LogP contribution in [-0.4, -0.2) is 22.5 Å². The predicted molar refractivity (Wildman–Crippen MR) is 49.7 cm³/mol. The molecule has 1 aromatic rings. The number of benzene rings is 1. The highest BCUT2D eigenvalue weighted by Gasteiger charge is 2.45. The van der Waals surface area contributed by atoms with Gasteiger partial charge in [0, 0.05) is 4.90 Å². The molecule has 0 aliphatic heterocycles. The zero-order valence-electron chi connectivity index (χ0n) is 7.66. The Labute approximate surface area is 92.3 Å². The van der Waals surface area contributed by atoms with Crippen molar-refractivity contribution in [1.29, 1.82) is 0 Å². The Morgan fingerprint density at radius 3 is 2.12 bits per heavy atom. The number of halogens is 4. The zero-order chi connectivity index (χ0) is 12.3. The van der Waals surface area contributed by atoms with Crippen LogP contribution in [-0.2, 0) is 4.79 Å². The van der Waals surface area contributed by atoms with E-state index in [9.17, 15) is 22.4 Å². The molecule has 16 heavy (non-hydrogen) atoms. The maximum atomic E-state index is 12.5. The molecule has 0 fully saturated rings. The Morgan fingerprint density at radius 2 is 1.75 bits per heavy atom. The number of hydrogen-bond acceptors (Lipinski definition) is 2. The van der Waals surface area contributed by atoms with E-state index >= 15 is 0 Å². The number of carboxylic acid groups (broad SMARTS) is 1. The van der Waals surface area contributed by atoms with Crippen molar-refractivity contribution >= 4 is 17.7 Å². The van der Waals surface area contributed by atoms with Crippen molar-refractivity contribution in [2.24, 2.45) is 0 Å². The Morgan fingerprint density at radius 1 is 1.25 bits per heavy atom. The number of alkyl halides is 3. The summed E-state index contributed by atoms with van der Waals surface area (Å²) in [6.45, 7) is 0. The van der Waals surface area contributed by atoms with Crippen LogP contribution in [0, 0.1) is 5.82 Å². The van der Waals surface area contributed by atoms with Gasteiger partial charge in [-0.25, -0.2) is 4.39 Å². The monoisotopic (exact) mass is 254 g/mol. The van der Waals surface area contributed by atoms with Crippen LogP contribution in [0.25, 0.3) is 0 Å². The first-order valence-corrected chi connectivity index (χ1v) is 4.90. The summed E-state index contributed by atoms with van der Waals surface area (Å²) < 4.78 is 49.2. The van der Waals surface area contributed by atoms with Gasteiger partial charge in [0.1, 0.15) is 5.82 Å². The summed E-state index contributed by atoms with van der Waals surface area (Å²) in [5.41, 5.74) is 0. The summed E-state index contributed by atoms with van der Waals surface area (Å²) in [4.78, 5) is 10.4. The third-order valence-electron chi connectivity index (χ3n) is 1.59. The fourth-order valence-electron chi connectivity index (χ4n) is 0.906. The van der Waals surface area contributed by atoms with E-state index in [2.05, 4.69) is 0 Å². The van der Waals surface area contributed by atoms with Crippen LogP contribution < -0.4 is 0 Å². The van der Waals surface area contributed by atoms with Crippen LogP contribution >= 0.6 is 11.8 Å². The van der Waals surface area contributed by atoms with E-state index < -0.39 is 23.2 Å². The predicted octanol–water partition coefficient (Wildman–Crippen LogP) is 2.93. The number of carboxylic acids is 1. The minimum absolute atomic E-state index is 0.0473. The van der Waals surface area contributed by atoms with Gasteiger partial charge in [0.15, 0.2) is 0 Å². The molecule has 1 N–H and O–H groups in total. The van der Waals surface area contributed by atoms with Gasteiger partial charge in [-0.15, -0.1) is 11.8 Å². The molecule has 1 unspecified atom stereocenters. The van der Waals surface area contributed by atoms with Crippen molar-refractivity contribution < 1.29 is 27.5 Å². The average molecular weight is 254 g/mol. The molecule has 0 aliphatic carbocycles. The maximum Gasteiger partial charge on any atom is 0.411 e. The molecule has 1 aromatic carbocycles. The molecule has 0 aliphatic rings. The lowest BCUT2D eigenvalue weighted by atomic mass is 10.3. The van der Waals surface area contributed by atoms with Crippen molar-refractivity contribution in [3.63, 3.8) is 0 Å². The van der Waals surface area contributed by atoms with Gasteiger partial charge >= 0.3 is 12.1 Å². The highest BCUT2D eigenvalue weighted by Crippen LogP contribution is 2.35. The SMILES string of the molecule is O=C(O)C(Sc1ccc(F)cc1)C(F)(F)F. The van der Waals surface area contributed by atoms with Crippen LogP contribution in [0.2, 0.25) is 0 Å². The van der Waals surface area contributed by atoms with Gasteiger partial charge in [-0.3, -0.25) is 4.79 Å². The topological polar surface area (TPSA) is 37.3 Å². The maximum absolute atomic E-state index is 12.5. The highest BCUT2D eigenvalue weighted by atomic mass is 32.2. The summed E-state index contributed by atoms with van der Waals surface area (Å²) in [6.07, 6.45) is -4.84. The van der Waals surface area contributed by atoms with Crippen molar-refractivity contribution in [2.45, 2.75) is 16.3 Å². The second kappa shape index (κ2) is 4.73. The van der Waals surface area contributed by atoms with E-state index in [0.29, 0.717) is 0 Å². The molecule has 0 aromatic heterocycles. The van der Waals surface area contributed by atoms with Crippen LogP contribution in [0.3, 0.4) is 0 Å². The molecule has 1 rings (SSSR count). The smallest absolute Gasteiger partial charge is 0.411 e. The molecular formula is C9H6F4O2S. The van der Waals surface area contributed by atoms with E-state index in [1.165, 1.54) is 0 Å². The molecular weight excluding hydrogens is 248 g/mol. The Kier molecular flexibility index (Phi) is 3.79. The summed E-state index contributed by atoms with van der Waals surface area (Å²) >= 11 is 0.121. The van der Waals surface area contributed by atoms with Crippen molar-refractivity contribution in [3.05, 3.63) is 30.1 Å². The lowest BCUT2D eigenvalue weighted by molar-refractivity contribution is -0.162. The second-order valence-corrected chi connectivity index (χ2v) is 4.01. The zero-order valence-corrected chi connectivity index (χ0v) is 8.48. The molecule has 0 saturated heterocycles.